The molecule has 0 saturated carbocycles. The van der Waals surface area contributed by atoms with Gasteiger partial charge < -0.3 is 19.5 Å². The molecule has 1 aliphatic rings. The van der Waals surface area contributed by atoms with Crippen molar-refractivity contribution >= 4 is 34.8 Å². The quantitative estimate of drug-likeness (QED) is 0.230. The van der Waals surface area contributed by atoms with Crippen molar-refractivity contribution in [2.24, 2.45) is 0 Å². The van der Waals surface area contributed by atoms with E-state index in [0.29, 0.717) is 33.2 Å². The number of piperazine rings is 1. The lowest BCUT2D eigenvalue weighted by molar-refractivity contribution is 0.145. The van der Waals surface area contributed by atoms with Crippen molar-refractivity contribution in [1.29, 1.82) is 0 Å². The van der Waals surface area contributed by atoms with E-state index in [1.807, 2.05) is 66.7 Å². The number of aromatic amines is 1. The minimum absolute atomic E-state index is 0.557. The van der Waals surface area contributed by atoms with Gasteiger partial charge in [0.15, 0.2) is 0 Å². The number of hydrogen-bond donors (Lipinski definition) is 1. The molecule has 0 unspecified atom stereocenters. The zero-order chi connectivity index (χ0) is 25.8. The van der Waals surface area contributed by atoms with Crippen LogP contribution in [-0.4, -0.2) is 66.1 Å². The van der Waals surface area contributed by atoms with E-state index < -0.39 is 0 Å². The Hall–Kier alpha value is -2.54. The van der Waals surface area contributed by atoms with E-state index in [0.717, 1.165) is 67.3 Å². The summed E-state index contributed by atoms with van der Waals surface area (Å²) in [5, 5.41) is 1.79. The maximum atomic E-state index is 6.72. The third kappa shape index (κ3) is 6.14. The molecule has 1 N–H and O–H groups in total. The van der Waals surface area contributed by atoms with Gasteiger partial charge in [-0.05, 0) is 43.8 Å². The first-order chi connectivity index (χ1) is 18.0. The van der Waals surface area contributed by atoms with Gasteiger partial charge in [0, 0.05) is 54.4 Å². The molecule has 3 aromatic carbocycles. The molecule has 2 heterocycles. The first kappa shape index (κ1) is 26.1. The third-order valence-corrected chi connectivity index (χ3v) is 7.63. The predicted molar refractivity (Wildman–Crippen MR) is 154 cm³/mol. The van der Waals surface area contributed by atoms with E-state index in [2.05, 4.69) is 21.8 Å². The summed E-state index contributed by atoms with van der Waals surface area (Å²) in [5.41, 5.74) is 3.94. The molecule has 0 aliphatic carbocycles. The topological polar surface area (TPSA) is 44.4 Å². The molecular weight excluding hydrogens is 527 g/mol. The zero-order valence-corrected chi connectivity index (χ0v) is 23.0. The number of halogens is 3. The number of imidazole rings is 1. The molecule has 1 aromatic heterocycles. The number of rotatable bonds is 8. The Labute approximate surface area is 232 Å². The number of nitrogens with one attached hydrogen (secondary N) is 1. The van der Waals surface area contributed by atoms with Crippen LogP contribution in [0.4, 0.5) is 0 Å². The summed E-state index contributed by atoms with van der Waals surface area (Å²) in [4.78, 5) is 13.2. The van der Waals surface area contributed by atoms with Gasteiger partial charge in [-0.15, -0.1) is 0 Å². The van der Waals surface area contributed by atoms with E-state index in [-0.39, 0.29) is 0 Å². The number of nitrogens with zero attached hydrogens (tertiary/aromatic N) is 3. The van der Waals surface area contributed by atoms with Gasteiger partial charge >= 0.3 is 0 Å². The summed E-state index contributed by atoms with van der Waals surface area (Å²) in [6.45, 7) is 6.18. The molecule has 192 valence electrons. The smallest absolute Gasteiger partial charge is 0.140 e. The fourth-order valence-corrected chi connectivity index (χ4v) is 5.25. The predicted octanol–water partition coefficient (Wildman–Crippen LogP) is 7.39. The second-order valence-electron chi connectivity index (χ2n) is 9.26. The highest BCUT2D eigenvalue weighted by atomic mass is 35.5. The Bertz CT molecular complexity index is 1300. The van der Waals surface area contributed by atoms with E-state index in [4.69, 9.17) is 44.5 Å². The molecule has 0 radical (unpaired) electrons. The van der Waals surface area contributed by atoms with Crippen molar-refractivity contribution in [3.63, 3.8) is 0 Å². The van der Waals surface area contributed by atoms with Crippen LogP contribution in [-0.2, 0) is 0 Å². The average molecular weight is 556 g/mol. The maximum absolute atomic E-state index is 6.72. The van der Waals surface area contributed by atoms with Gasteiger partial charge in [-0.25, -0.2) is 4.98 Å². The van der Waals surface area contributed by atoms with Crippen LogP contribution in [0.3, 0.4) is 0 Å². The van der Waals surface area contributed by atoms with E-state index in [9.17, 15) is 0 Å². The van der Waals surface area contributed by atoms with Crippen LogP contribution < -0.4 is 4.74 Å². The second-order valence-corrected chi connectivity index (χ2v) is 10.5. The Morgan fingerprint density at radius 3 is 2.16 bits per heavy atom. The van der Waals surface area contributed by atoms with E-state index in [1.54, 1.807) is 0 Å². The van der Waals surface area contributed by atoms with Crippen LogP contribution in [0.25, 0.3) is 33.9 Å². The molecule has 5 rings (SSSR count). The molecule has 0 atom stereocenters. The normalized spacial score (nSPS) is 14.7. The molecule has 0 spiro atoms. The molecule has 37 heavy (non-hydrogen) atoms. The second kappa shape index (κ2) is 11.9. The summed E-state index contributed by atoms with van der Waals surface area (Å²) in [7, 11) is 2.17. The van der Waals surface area contributed by atoms with Gasteiger partial charge in [-0.2, -0.15) is 0 Å². The fraction of sp³-hybridized carbons (Fsp3) is 0.276. The van der Waals surface area contributed by atoms with Crippen molar-refractivity contribution in [2.75, 3.05) is 46.4 Å². The summed E-state index contributed by atoms with van der Waals surface area (Å²) in [5.74, 6) is 1.38. The minimum atomic E-state index is 0.557. The molecule has 0 amide bonds. The number of aromatic nitrogens is 2. The summed E-state index contributed by atoms with van der Waals surface area (Å²) >= 11 is 19.8. The van der Waals surface area contributed by atoms with Crippen molar-refractivity contribution in [1.82, 2.24) is 19.8 Å². The van der Waals surface area contributed by atoms with Gasteiger partial charge in [0.2, 0.25) is 0 Å². The Kier molecular flexibility index (Phi) is 8.38. The van der Waals surface area contributed by atoms with Crippen molar-refractivity contribution in [3.8, 4) is 39.7 Å². The highest BCUT2D eigenvalue weighted by Crippen LogP contribution is 2.40. The molecule has 1 fully saturated rings. The van der Waals surface area contributed by atoms with Crippen LogP contribution >= 0.6 is 34.8 Å². The maximum Gasteiger partial charge on any atom is 0.140 e. The zero-order valence-electron chi connectivity index (χ0n) is 20.7. The molecule has 4 aromatic rings. The molecule has 5 nitrogen and oxygen atoms in total. The van der Waals surface area contributed by atoms with Gasteiger partial charge in [-0.1, -0.05) is 71.2 Å². The number of likely N-dealkylation sites (N-methyl/N-ethyl adjacent to an activating group) is 1. The first-order valence-corrected chi connectivity index (χ1v) is 13.6. The molecule has 1 aliphatic heterocycles. The lowest BCUT2D eigenvalue weighted by Crippen LogP contribution is -2.44. The van der Waals surface area contributed by atoms with Gasteiger partial charge in [0.25, 0.3) is 0 Å². The van der Waals surface area contributed by atoms with Gasteiger partial charge in [-0.3, -0.25) is 0 Å². The number of benzene rings is 3. The van der Waals surface area contributed by atoms with Crippen LogP contribution in [0.1, 0.15) is 6.42 Å². The lowest BCUT2D eigenvalue weighted by atomic mass is 10.1. The molecular formula is C29H29Cl3N4O. The number of ether oxygens (including phenoxy) is 1. The van der Waals surface area contributed by atoms with Crippen LogP contribution in [0.5, 0.6) is 5.75 Å². The number of hydrogen-bond acceptors (Lipinski definition) is 4. The summed E-state index contributed by atoms with van der Waals surface area (Å²) in [6, 6.07) is 21.0. The summed E-state index contributed by atoms with van der Waals surface area (Å²) < 4.78 is 6.00. The standard InChI is InChI=1S/C29H29Cl3N4O/c1-35-14-16-36(17-15-35)13-6-18-37-20-11-12-23(26(32)19-20)29-33-27(21-7-2-4-9-24(21)30)28(34-29)22-8-3-5-10-25(22)31/h2-5,7-12,19H,6,13-18H2,1H3,(H,33,34). The Morgan fingerprint density at radius 2 is 1.49 bits per heavy atom. The van der Waals surface area contributed by atoms with E-state index in [1.165, 1.54) is 0 Å². The monoisotopic (exact) mass is 554 g/mol. The molecule has 8 heteroatoms. The largest absolute Gasteiger partial charge is 0.493 e. The lowest BCUT2D eigenvalue weighted by Gasteiger charge is -2.32. The highest BCUT2D eigenvalue weighted by Gasteiger charge is 2.20. The van der Waals surface area contributed by atoms with Gasteiger partial charge in [0.1, 0.15) is 11.6 Å². The fourth-order valence-electron chi connectivity index (χ4n) is 4.54. The van der Waals surface area contributed by atoms with Crippen LogP contribution in [0, 0.1) is 0 Å². The molecule has 0 bridgehead atoms. The summed E-state index contributed by atoms with van der Waals surface area (Å²) in [6.07, 6.45) is 0.976. The Balaban J connectivity index is 1.35. The molecule has 1 saturated heterocycles. The van der Waals surface area contributed by atoms with E-state index >= 15 is 0 Å². The highest BCUT2D eigenvalue weighted by molar-refractivity contribution is 6.35. The SMILES string of the molecule is CN1CCN(CCCOc2ccc(-c3nc(-c4ccccc4Cl)c(-c4ccccc4Cl)[nH]3)c(Cl)c2)CC1. The Morgan fingerprint density at radius 1 is 0.811 bits per heavy atom. The third-order valence-electron chi connectivity index (χ3n) is 6.65. The average Bonchev–Trinajstić information content (AvgIpc) is 3.33. The van der Waals surface area contributed by atoms with Gasteiger partial charge in [0.05, 0.1) is 28.0 Å². The number of H-pyrrole nitrogens is 1. The van der Waals surface area contributed by atoms with Crippen LogP contribution in [0.2, 0.25) is 15.1 Å². The first-order valence-electron chi connectivity index (χ1n) is 12.4. The minimum Gasteiger partial charge on any atom is -0.493 e. The van der Waals surface area contributed by atoms with Crippen LogP contribution in [0.15, 0.2) is 66.7 Å². The van der Waals surface area contributed by atoms with Crippen molar-refractivity contribution < 1.29 is 4.74 Å². The van der Waals surface area contributed by atoms with Crippen molar-refractivity contribution in [2.45, 2.75) is 6.42 Å². The van der Waals surface area contributed by atoms with Crippen molar-refractivity contribution in [3.05, 3.63) is 81.8 Å².